The first-order valence-electron chi connectivity index (χ1n) is 10.0. The fraction of sp³-hybridized carbons (Fsp3) is 1.00. The summed E-state index contributed by atoms with van der Waals surface area (Å²) in [5.74, 6) is 0. The lowest BCUT2D eigenvalue weighted by Crippen LogP contribution is -2.81. The normalized spacial score (nSPS) is 24.4. The molecule has 9 heteroatoms. The standard InChI is InChI=1S/C15H34B4N5/c1-6-11-20-15(10-5)21(12-7-2)19-23(14-9-4)17-22(13-8-3)18-24(19)16-20/h15H,6-14H2,1-5H3. The molecule has 0 spiro atoms. The lowest BCUT2D eigenvalue weighted by molar-refractivity contribution is 0.134. The lowest BCUT2D eigenvalue weighted by atomic mass is 9.57. The van der Waals surface area contributed by atoms with E-state index in [1.807, 2.05) is 0 Å². The van der Waals surface area contributed by atoms with Crippen LogP contribution in [0.25, 0.3) is 0 Å². The largest absolute Gasteiger partial charge is 0.378 e. The first kappa shape index (κ1) is 20.4. The second-order valence-corrected chi connectivity index (χ2v) is 6.98. The monoisotopic (exact) mass is 328 g/mol. The zero-order chi connectivity index (χ0) is 17.5. The summed E-state index contributed by atoms with van der Waals surface area (Å²) in [5, 5.41) is 0. The highest BCUT2D eigenvalue weighted by Crippen LogP contribution is 2.24. The van der Waals surface area contributed by atoms with E-state index in [-0.39, 0.29) is 0 Å². The molecule has 0 aliphatic carbocycles. The third-order valence-corrected chi connectivity index (χ3v) is 4.78. The van der Waals surface area contributed by atoms with Crippen LogP contribution in [0.2, 0.25) is 0 Å². The molecule has 2 aliphatic heterocycles. The van der Waals surface area contributed by atoms with Crippen LogP contribution in [0.3, 0.4) is 0 Å². The topological polar surface area (TPSA) is 16.2 Å². The van der Waals surface area contributed by atoms with Gasteiger partial charge in [-0.1, -0.05) is 34.6 Å². The maximum atomic E-state index is 2.70. The molecule has 2 saturated heterocycles. The summed E-state index contributed by atoms with van der Waals surface area (Å²) in [7, 11) is 7.34. The summed E-state index contributed by atoms with van der Waals surface area (Å²) in [5.41, 5.74) is 0. The maximum Gasteiger partial charge on any atom is 0.372 e. The predicted molar refractivity (Wildman–Crippen MR) is 107 cm³/mol. The van der Waals surface area contributed by atoms with Gasteiger partial charge in [0.25, 0.3) is 22.6 Å². The SMILES string of the molecule is CCCN1[B]N2[B]N(CCC)C(CC)N(CCC)B2N(CCC)[B]1. The first-order chi connectivity index (χ1) is 11.7. The van der Waals surface area contributed by atoms with Crippen LogP contribution in [-0.2, 0) is 0 Å². The number of fused-ring (bicyclic) bond motifs is 1. The molecule has 0 aromatic carbocycles. The summed E-state index contributed by atoms with van der Waals surface area (Å²) in [6.07, 6.45) is 6.40. The van der Waals surface area contributed by atoms with Crippen molar-refractivity contribution in [1.82, 2.24) is 23.7 Å². The Balaban J connectivity index is 2.24. The molecule has 5 nitrogen and oxygen atoms in total. The summed E-state index contributed by atoms with van der Waals surface area (Å²) in [6, 6.07) is 0. The van der Waals surface area contributed by atoms with Crippen molar-refractivity contribution in [2.75, 3.05) is 26.2 Å². The Labute approximate surface area is 153 Å². The number of hydrogen-bond donors (Lipinski definition) is 0. The van der Waals surface area contributed by atoms with E-state index in [4.69, 9.17) is 0 Å². The van der Waals surface area contributed by atoms with E-state index in [2.05, 4.69) is 81.0 Å². The fourth-order valence-electron chi connectivity index (χ4n) is 3.99. The van der Waals surface area contributed by atoms with Gasteiger partial charge in [-0.3, -0.25) is 0 Å². The number of rotatable bonds is 9. The molecule has 0 aromatic rings. The quantitative estimate of drug-likeness (QED) is 0.595. The molecule has 0 saturated carbocycles. The zero-order valence-corrected chi connectivity index (χ0v) is 16.5. The van der Waals surface area contributed by atoms with Gasteiger partial charge >= 0.3 is 7.12 Å². The third kappa shape index (κ3) is 4.61. The molecule has 2 rings (SSSR count). The minimum atomic E-state index is 0.330. The predicted octanol–water partition coefficient (Wildman–Crippen LogP) is 1.49. The van der Waals surface area contributed by atoms with Crippen LogP contribution in [0.1, 0.15) is 66.7 Å². The lowest BCUT2D eigenvalue weighted by Gasteiger charge is -2.57. The van der Waals surface area contributed by atoms with Crippen LogP contribution in [-0.4, -0.2) is 85.8 Å². The van der Waals surface area contributed by atoms with Gasteiger partial charge in [0.1, 0.15) is 0 Å². The van der Waals surface area contributed by atoms with E-state index in [1.165, 1.54) is 32.1 Å². The molecule has 0 aromatic heterocycles. The number of nitrogens with zero attached hydrogens (tertiary/aromatic N) is 5. The molecule has 3 radical (unpaired) electrons. The van der Waals surface area contributed by atoms with E-state index in [9.17, 15) is 0 Å². The minimum Gasteiger partial charge on any atom is -0.378 e. The Kier molecular flexibility index (Phi) is 8.72. The number of hydrogen-bond acceptors (Lipinski definition) is 5. The summed E-state index contributed by atoms with van der Waals surface area (Å²) < 4.78 is 7.32. The van der Waals surface area contributed by atoms with E-state index >= 15 is 0 Å². The Bertz CT molecular complexity index is 365. The fourth-order valence-corrected chi connectivity index (χ4v) is 3.99. The van der Waals surface area contributed by atoms with E-state index in [0.29, 0.717) is 13.3 Å². The molecule has 0 N–H and O–H groups in total. The first-order valence-corrected chi connectivity index (χ1v) is 10.0. The van der Waals surface area contributed by atoms with Crippen molar-refractivity contribution in [2.45, 2.75) is 72.9 Å². The molecule has 0 bridgehead atoms. The minimum absolute atomic E-state index is 0.330. The van der Waals surface area contributed by atoms with Crippen LogP contribution in [0, 0.1) is 0 Å². The molecular weight excluding hydrogens is 293 g/mol. The van der Waals surface area contributed by atoms with Crippen molar-refractivity contribution >= 4 is 29.8 Å². The Hall–Kier alpha value is 0.0597. The van der Waals surface area contributed by atoms with Crippen molar-refractivity contribution in [2.24, 2.45) is 0 Å². The third-order valence-electron chi connectivity index (χ3n) is 4.78. The molecule has 1 unspecified atom stereocenters. The Morgan fingerprint density at radius 3 is 2.00 bits per heavy atom. The molecule has 0 amide bonds. The molecule has 2 aliphatic rings. The van der Waals surface area contributed by atoms with E-state index < -0.39 is 0 Å². The van der Waals surface area contributed by atoms with Crippen molar-refractivity contribution in [3.05, 3.63) is 0 Å². The smallest absolute Gasteiger partial charge is 0.372 e. The second kappa shape index (κ2) is 10.3. The highest BCUT2D eigenvalue weighted by molar-refractivity contribution is 6.80. The van der Waals surface area contributed by atoms with Gasteiger partial charge < -0.3 is 23.7 Å². The van der Waals surface area contributed by atoms with Crippen LogP contribution < -0.4 is 0 Å². The van der Waals surface area contributed by atoms with E-state index in [0.717, 1.165) is 26.2 Å². The van der Waals surface area contributed by atoms with Crippen LogP contribution in [0.4, 0.5) is 0 Å². The Morgan fingerprint density at radius 1 is 0.750 bits per heavy atom. The molecule has 24 heavy (non-hydrogen) atoms. The Morgan fingerprint density at radius 2 is 1.42 bits per heavy atom. The van der Waals surface area contributed by atoms with Gasteiger partial charge in [-0.2, -0.15) is 0 Å². The van der Waals surface area contributed by atoms with Crippen LogP contribution >= 0.6 is 0 Å². The van der Waals surface area contributed by atoms with E-state index in [1.54, 1.807) is 0 Å². The van der Waals surface area contributed by atoms with Crippen LogP contribution in [0.15, 0.2) is 0 Å². The van der Waals surface area contributed by atoms with Gasteiger partial charge in [0.05, 0.1) is 0 Å². The highest BCUT2D eigenvalue weighted by atomic mass is 15.5. The molecule has 131 valence electrons. The van der Waals surface area contributed by atoms with Gasteiger partial charge in [0.2, 0.25) is 0 Å². The molecule has 2 heterocycles. The average molecular weight is 328 g/mol. The zero-order valence-electron chi connectivity index (χ0n) is 16.5. The van der Waals surface area contributed by atoms with Crippen molar-refractivity contribution in [1.29, 1.82) is 0 Å². The van der Waals surface area contributed by atoms with Gasteiger partial charge in [-0.15, -0.1) is 0 Å². The highest BCUT2D eigenvalue weighted by Gasteiger charge is 2.49. The second-order valence-electron chi connectivity index (χ2n) is 6.98. The summed E-state index contributed by atoms with van der Waals surface area (Å²) in [6.45, 7) is 15.9. The summed E-state index contributed by atoms with van der Waals surface area (Å²) >= 11 is 0. The van der Waals surface area contributed by atoms with Gasteiger partial charge in [0.15, 0.2) is 0 Å². The van der Waals surface area contributed by atoms with Crippen molar-refractivity contribution in [3.63, 3.8) is 0 Å². The molecule has 2 fully saturated rings. The summed E-state index contributed by atoms with van der Waals surface area (Å²) in [4.78, 5) is 5.24. The van der Waals surface area contributed by atoms with Crippen molar-refractivity contribution < 1.29 is 0 Å². The average Bonchev–Trinajstić information content (AvgIpc) is 2.56. The maximum absolute atomic E-state index is 2.70. The molecular formula is C15H34B4N5. The van der Waals surface area contributed by atoms with Crippen LogP contribution in [0.5, 0.6) is 0 Å². The molecule has 1 atom stereocenters. The van der Waals surface area contributed by atoms with Gasteiger partial charge in [-0.05, 0) is 58.3 Å². The van der Waals surface area contributed by atoms with Gasteiger partial charge in [-0.25, -0.2) is 0 Å². The van der Waals surface area contributed by atoms with Crippen molar-refractivity contribution in [3.8, 4) is 0 Å². The van der Waals surface area contributed by atoms with Gasteiger partial charge in [0, 0.05) is 6.17 Å².